The summed E-state index contributed by atoms with van der Waals surface area (Å²) in [5.41, 5.74) is 0. The Hall–Kier alpha value is -0.740. The van der Waals surface area contributed by atoms with Crippen molar-refractivity contribution in [2.24, 2.45) is 0 Å². The van der Waals surface area contributed by atoms with E-state index in [-0.39, 0.29) is 34.3 Å². The van der Waals surface area contributed by atoms with E-state index in [2.05, 4.69) is 10.3 Å². The van der Waals surface area contributed by atoms with Crippen LogP contribution in [0, 0.1) is 0 Å². The molecule has 0 radical (unpaired) electrons. The zero-order chi connectivity index (χ0) is 14.8. The van der Waals surface area contributed by atoms with Gasteiger partial charge in [-0.3, -0.25) is 4.79 Å². The summed E-state index contributed by atoms with van der Waals surface area (Å²) < 4.78 is 31.6. The number of amides is 1. The van der Waals surface area contributed by atoms with E-state index in [4.69, 9.17) is 16.3 Å². The van der Waals surface area contributed by atoms with E-state index in [1.54, 1.807) is 6.92 Å². The molecule has 20 heavy (non-hydrogen) atoms. The van der Waals surface area contributed by atoms with Gasteiger partial charge >= 0.3 is 0 Å². The monoisotopic (exact) mass is 339 g/mol. The van der Waals surface area contributed by atoms with E-state index >= 15 is 0 Å². The lowest BCUT2D eigenvalue weighted by Gasteiger charge is -2.32. The van der Waals surface area contributed by atoms with Gasteiger partial charge in [0.05, 0.1) is 19.4 Å². The summed E-state index contributed by atoms with van der Waals surface area (Å²) in [4.78, 5) is 15.7. The number of hydrogen-bond acceptors (Lipinski definition) is 6. The second-order valence-corrected chi connectivity index (χ2v) is 7.76. The van der Waals surface area contributed by atoms with Crippen molar-refractivity contribution in [1.82, 2.24) is 14.6 Å². The number of halogens is 1. The first-order valence-electron chi connectivity index (χ1n) is 5.95. The van der Waals surface area contributed by atoms with Crippen molar-refractivity contribution in [3.05, 3.63) is 10.7 Å². The molecule has 2 heterocycles. The van der Waals surface area contributed by atoms with E-state index in [1.807, 2.05) is 0 Å². The van der Waals surface area contributed by atoms with Crippen LogP contribution >= 0.6 is 22.9 Å². The molecule has 1 aliphatic rings. The van der Waals surface area contributed by atoms with Crippen LogP contribution in [0.3, 0.4) is 0 Å². The molecular formula is C10H14ClN3O4S2. The van der Waals surface area contributed by atoms with Crippen LogP contribution in [0.4, 0.5) is 0 Å². The summed E-state index contributed by atoms with van der Waals surface area (Å²) in [6.07, 6.45) is 1.20. The highest BCUT2D eigenvalue weighted by molar-refractivity contribution is 7.91. The minimum Gasteiger partial charge on any atom is -0.378 e. The third-order valence-corrected chi connectivity index (χ3v) is 6.21. The first kappa shape index (κ1) is 15.6. The van der Waals surface area contributed by atoms with Gasteiger partial charge < -0.3 is 10.1 Å². The number of hydrogen-bond donors (Lipinski definition) is 1. The molecule has 0 bridgehead atoms. The van der Waals surface area contributed by atoms with Gasteiger partial charge in [0.2, 0.25) is 5.91 Å². The molecule has 7 nitrogen and oxygen atoms in total. The maximum Gasteiger partial charge on any atom is 0.255 e. The lowest BCUT2D eigenvalue weighted by molar-refractivity contribution is -0.129. The smallest absolute Gasteiger partial charge is 0.255 e. The van der Waals surface area contributed by atoms with Crippen LogP contribution < -0.4 is 5.32 Å². The number of ether oxygens (including phenoxy) is 1. The van der Waals surface area contributed by atoms with Gasteiger partial charge in [-0.05, 0) is 6.92 Å². The molecule has 1 amide bonds. The number of nitrogens with zero attached hydrogens (tertiary/aromatic N) is 2. The van der Waals surface area contributed by atoms with Crippen molar-refractivity contribution in [3.63, 3.8) is 0 Å². The van der Waals surface area contributed by atoms with Crippen LogP contribution in [0.25, 0.3) is 0 Å². The lowest BCUT2D eigenvalue weighted by atomic mass is 10.2. The molecule has 1 N–H and O–H groups in total. The van der Waals surface area contributed by atoms with Crippen molar-refractivity contribution in [2.45, 2.75) is 17.2 Å². The number of carbonyl (C=O) groups excluding carboxylic acids is 1. The minimum atomic E-state index is -3.79. The number of thiazole rings is 1. The van der Waals surface area contributed by atoms with Crippen molar-refractivity contribution in [2.75, 3.05) is 26.3 Å². The maximum absolute atomic E-state index is 12.5. The molecule has 10 heteroatoms. The van der Waals surface area contributed by atoms with E-state index < -0.39 is 16.1 Å². The Morgan fingerprint density at radius 1 is 1.70 bits per heavy atom. The molecule has 0 aromatic carbocycles. The standard InChI is InChI=1S/C10H14ClN3O4S2/c1-2-12-9(15)7-6-18-4-3-14(7)20(16,17)8-5-13-10(11)19-8/h5,7H,2-4,6H2,1H3,(H,12,15). The molecule has 1 aliphatic heterocycles. The molecule has 1 aromatic rings. The summed E-state index contributed by atoms with van der Waals surface area (Å²) in [5.74, 6) is -0.369. The highest BCUT2D eigenvalue weighted by atomic mass is 35.5. The third-order valence-electron chi connectivity index (χ3n) is 2.75. The largest absolute Gasteiger partial charge is 0.378 e. The Morgan fingerprint density at radius 2 is 2.45 bits per heavy atom. The molecule has 1 fully saturated rings. The zero-order valence-corrected chi connectivity index (χ0v) is 13.1. The topological polar surface area (TPSA) is 88.6 Å². The van der Waals surface area contributed by atoms with Crippen LogP contribution in [-0.4, -0.2) is 56.0 Å². The molecule has 112 valence electrons. The second kappa shape index (κ2) is 6.35. The molecule has 0 spiro atoms. The van der Waals surface area contributed by atoms with Crippen LogP contribution in [0.2, 0.25) is 4.47 Å². The molecule has 1 unspecified atom stereocenters. The summed E-state index contributed by atoms with van der Waals surface area (Å²) in [7, 11) is -3.79. The quantitative estimate of drug-likeness (QED) is 0.853. The third kappa shape index (κ3) is 3.12. The summed E-state index contributed by atoms with van der Waals surface area (Å²) >= 11 is 6.54. The number of sulfonamides is 1. The van der Waals surface area contributed by atoms with Crippen molar-refractivity contribution in [1.29, 1.82) is 0 Å². The maximum atomic E-state index is 12.5. The summed E-state index contributed by atoms with van der Waals surface area (Å²) in [5, 5.41) is 2.61. The first-order chi connectivity index (χ1) is 9.46. The lowest BCUT2D eigenvalue weighted by Crippen LogP contribution is -2.55. The fourth-order valence-corrected chi connectivity index (χ4v) is 4.83. The zero-order valence-electron chi connectivity index (χ0n) is 10.7. The molecular weight excluding hydrogens is 326 g/mol. The average molecular weight is 340 g/mol. The highest BCUT2D eigenvalue weighted by Crippen LogP contribution is 2.27. The van der Waals surface area contributed by atoms with Crippen LogP contribution in [0.1, 0.15) is 6.92 Å². The molecule has 1 aromatic heterocycles. The van der Waals surface area contributed by atoms with Crippen molar-refractivity contribution in [3.8, 4) is 0 Å². The van der Waals surface area contributed by atoms with E-state index in [1.165, 1.54) is 6.20 Å². The average Bonchev–Trinajstić information content (AvgIpc) is 2.86. The Kier molecular flexibility index (Phi) is 4.97. The SMILES string of the molecule is CCNC(=O)C1COCCN1S(=O)(=O)c1cnc(Cl)s1. The summed E-state index contributed by atoms with van der Waals surface area (Å²) in [6, 6.07) is -0.866. The predicted octanol–water partition coefficient (Wildman–Crippen LogP) is 0.322. The molecule has 0 saturated carbocycles. The van der Waals surface area contributed by atoms with Gasteiger partial charge in [-0.1, -0.05) is 22.9 Å². The Balaban J connectivity index is 2.29. The molecule has 1 saturated heterocycles. The van der Waals surface area contributed by atoms with Crippen LogP contribution in [0.5, 0.6) is 0 Å². The van der Waals surface area contributed by atoms with Gasteiger partial charge in [0.15, 0.2) is 8.68 Å². The number of aromatic nitrogens is 1. The normalized spacial score (nSPS) is 20.8. The van der Waals surface area contributed by atoms with E-state index in [0.29, 0.717) is 6.54 Å². The Morgan fingerprint density at radius 3 is 3.05 bits per heavy atom. The van der Waals surface area contributed by atoms with Crippen molar-refractivity contribution >= 4 is 38.9 Å². The van der Waals surface area contributed by atoms with Gasteiger partial charge in [-0.15, -0.1) is 0 Å². The van der Waals surface area contributed by atoms with Crippen molar-refractivity contribution < 1.29 is 17.9 Å². The second-order valence-electron chi connectivity index (χ2n) is 4.03. The Bertz CT molecular complexity index is 589. The van der Waals surface area contributed by atoms with E-state index in [0.717, 1.165) is 15.6 Å². The summed E-state index contributed by atoms with van der Waals surface area (Å²) in [6.45, 7) is 2.61. The molecule has 1 atom stereocenters. The fraction of sp³-hybridized carbons (Fsp3) is 0.600. The predicted molar refractivity (Wildman–Crippen MR) is 74.3 cm³/mol. The number of nitrogens with one attached hydrogen (secondary N) is 1. The number of carbonyl (C=O) groups is 1. The van der Waals surface area contributed by atoms with Crippen LogP contribution in [-0.2, 0) is 19.6 Å². The van der Waals surface area contributed by atoms with Gasteiger partial charge in [0.1, 0.15) is 6.04 Å². The Labute approximate surface area is 125 Å². The number of morpholine rings is 1. The van der Waals surface area contributed by atoms with Crippen LogP contribution in [0.15, 0.2) is 10.4 Å². The van der Waals surface area contributed by atoms with Gasteiger partial charge in [0.25, 0.3) is 10.0 Å². The van der Waals surface area contributed by atoms with Gasteiger partial charge in [-0.25, -0.2) is 13.4 Å². The first-order valence-corrected chi connectivity index (χ1v) is 8.59. The highest BCUT2D eigenvalue weighted by Gasteiger charge is 2.39. The van der Waals surface area contributed by atoms with Gasteiger partial charge in [-0.2, -0.15) is 4.31 Å². The number of rotatable bonds is 4. The fourth-order valence-electron chi connectivity index (χ4n) is 1.85. The number of likely N-dealkylation sites (N-methyl/N-ethyl adjacent to an activating group) is 1. The molecule has 2 rings (SSSR count). The van der Waals surface area contributed by atoms with E-state index in [9.17, 15) is 13.2 Å². The minimum absolute atomic E-state index is 0.0266. The molecule has 0 aliphatic carbocycles. The van der Waals surface area contributed by atoms with Gasteiger partial charge in [0, 0.05) is 13.1 Å².